The zero-order chi connectivity index (χ0) is 57.1. The highest BCUT2D eigenvalue weighted by Gasteiger charge is 2.19. The molecule has 0 saturated heterocycles. The summed E-state index contributed by atoms with van der Waals surface area (Å²) >= 11 is 0. The van der Waals surface area contributed by atoms with E-state index in [1.54, 1.807) is 0 Å². The Bertz CT molecular complexity index is 1590. The van der Waals surface area contributed by atoms with Gasteiger partial charge in [0.15, 0.2) is 6.10 Å². The molecule has 0 aromatic rings. The van der Waals surface area contributed by atoms with Crippen molar-refractivity contribution in [3.8, 4) is 0 Å². The fraction of sp³-hybridized carbons (Fsp3) is 0.712. The van der Waals surface area contributed by atoms with E-state index >= 15 is 0 Å². The molecule has 0 spiro atoms. The van der Waals surface area contributed by atoms with E-state index in [1.165, 1.54) is 167 Å². The SMILES string of the molecule is CC/C=C\C/C=C\C/C=C\C/C=C\C/C=C\C/C=C\C/C=C\C/C=C\C/C=C\CCCC(=O)OCC(COC(=O)CCCCCCCCCCCCCCCCC)OC(=O)CCCCCCCCCCCCCCCCCCC. The maximum Gasteiger partial charge on any atom is 0.306 e. The molecule has 0 saturated carbocycles. The summed E-state index contributed by atoms with van der Waals surface area (Å²) in [6.45, 7) is 6.52. The van der Waals surface area contributed by atoms with Crippen molar-refractivity contribution in [3.05, 3.63) is 109 Å². The molecule has 6 nitrogen and oxygen atoms in total. The molecule has 0 fully saturated rings. The third-order valence-corrected chi connectivity index (χ3v) is 14.3. The minimum absolute atomic E-state index is 0.0921. The van der Waals surface area contributed by atoms with Gasteiger partial charge >= 0.3 is 17.9 Å². The van der Waals surface area contributed by atoms with Crippen LogP contribution in [0.2, 0.25) is 0 Å². The summed E-state index contributed by atoms with van der Waals surface area (Å²) in [5, 5.41) is 0. The third kappa shape index (κ3) is 64.8. The number of carbonyl (C=O) groups is 3. The van der Waals surface area contributed by atoms with Gasteiger partial charge in [0.05, 0.1) is 0 Å². The second kappa shape index (κ2) is 66.6. The van der Waals surface area contributed by atoms with Crippen LogP contribution in [0.3, 0.4) is 0 Å². The number of hydrogen-bond acceptors (Lipinski definition) is 6. The van der Waals surface area contributed by atoms with Gasteiger partial charge < -0.3 is 14.2 Å². The molecule has 0 amide bonds. The molecule has 0 aliphatic rings. The number of esters is 3. The number of allylic oxidation sites excluding steroid dienone is 18. The predicted molar refractivity (Wildman–Crippen MR) is 343 cm³/mol. The normalized spacial score (nSPS) is 12.8. The van der Waals surface area contributed by atoms with Crippen LogP contribution in [0.4, 0.5) is 0 Å². The molecule has 1 atom stereocenters. The van der Waals surface area contributed by atoms with Gasteiger partial charge in [-0.25, -0.2) is 0 Å². The predicted octanol–water partition coefficient (Wildman–Crippen LogP) is 23.0. The summed E-state index contributed by atoms with van der Waals surface area (Å²) in [6, 6.07) is 0. The second-order valence-corrected chi connectivity index (χ2v) is 22.0. The maximum absolute atomic E-state index is 12.9. The summed E-state index contributed by atoms with van der Waals surface area (Å²) in [4.78, 5) is 38.3. The molecule has 0 aliphatic carbocycles. The lowest BCUT2D eigenvalue weighted by molar-refractivity contribution is -0.167. The Morgan fingerprint density at radius 1 is 0.266 bits per heavy atom. The molecule has 6 heteroatoms. The van der Waals surface area contributed by atoms with Crippen molar-refractivity contribution >= 4 is 17.9 Å². The zero-order valence-corrected chi connectivity index (χ0v) is 51.9. The molecule has 0 radical (unpaired) electrons. The van der Waals surface area contributed by atoms with Crippen LogP contribution in [-0.2, 0) is 28.6 Å². The Balaban J connectivity index is 4.42. The van der Waals surface area contributed by atoms with Gasteiger partial charge in [-0.15, -0.1) is 0 Å². The molecule has 0 N–H and O–H groups in total. The molecule has 0 aromatic heterocycles. The van der Waals surface area contributed by atoms with Crippen LogP contribution in [0.1, 0.15) is 316 Å². The fourth-order valence-electron chi connectivity index (χ4n) is 9.33. The van der Waals surface area contributed by atoms with Gasteiger partial charge in [0, 0.05) is 19.3 Å². The Labute approximate surface area is 489 Å². The van der Waals surface area contributed by atoms with E-state index < -0.39 is 6.10 Å². The summed E-state index contributed by atoms with van der Waals surface area (Å²) in [7, 11) is 0. The van der Waals surface area contributed by atoms with Crippen LogP contribution in [0.25, 0.3) is 0 Å². The van der Waals surface area contributed by atoms with Crippen molar-refractivity contribution in [2.75, 3.05) is 13.2 Å². The first-order valence-electron chi connectivity index (χ1n) is 33.4. The van der Waals surface area contributed by atoms with Crippen molar-refractivity contribution < 1.29 is 28.6 Å². The lowest BCUT2D eigenvalue weighted by atomic mass is 10.0. The Hall–Kier alpha value is -3.93. The van der Waals surface area contributed by atoms with Crippen LogP contribution in [0.15, 0.2) is 109 Å². The fourth-order valence-corrected chi connectivity index (χ4v) is 9.33. The molecule has 79 heavy (non-hydrogen) atoms. The average molecular weight is 1100 g/mol. The smallest absolute Gasteiger partial charge is 0.306 e. The van der Waals surface area contributed by atoms with Crippen LogP contribution >= 0.6 is 0 Å². The van der Waals surface area contributed by atoms with E-state index in [0.29, 0.717) is 19.3 Å². The van der Waals surface area contributed by atoms with Crippen LogP contribution < -0.4 is 0 Å². The Morgan fingerprint density at radius 3 is 0.772 bits per heavy atom. The number of hydrogen-bond donors (Lipinski definition) is 0. The number of unbranched alkanes of at least 4 members (excludes halogenated alkanes) is 31. The summed E-state index contributed by atoms with van der Waals surface area (Å²) in [5.74, 6) is -0.941. The lowest BCUT2D eigenvalue weighted by Gasteiger charge is -2.18. The van der Waals surface area contributed by atoms with E-state index in [-0.39, 0.29) is 37.5 Å². The topological polar surface area (TPSA) is 78.9 Å². The van der Waals surface area contributed by atoms with Crippen molar-refractivity contribution in [1.29, 1.82) is 0 Å². The summed E-state index contributed by atoms with van der Waals surface area (Å²) in [6.07, 6.45) is 91.0. The summed E-state index contributed by atoms with van der Waals surface area (Å²) in [5.41, 5.74) is 0. The quantitative estimate of drug-likeness (QED) is 0.0261. The van der Waals surface area contributed by atoms with Gasteiger partial charge in [-0.2, -0.15) is 0 Å². The first kappa shape index (κ1) is 75.1. The van der Waals surface area contributed by atoms with Crippen molar-refractivity contribution in [2.24, 2.45) is 0 Å². The minimum Gasteiger partial charge on any atom is -0.462 e. The van der Waals surface area contributed by atoms with Crippen molar-refractivity contribution in [2.45, 2.75) is 322 Å². The molecule has 0 aliphatic heterocycles. The van der Waals surface area contributed by atoms with E-state index in [0.717, 1.165) is 103 Å². The van der Waals surface area contributed by atoms with E-state index in [4.69, 9.17) is 14.2 Å². The molecule has 0 heterocycles. The van der Waals surface area contributed by atoms with E-state index in [2.05, 4.69) is 130 Å². The number of ether oxygens (including phenoxy) is 3. The van der Waals surface area contributed by atoms with E-state index in [1.807, 2.05) is 0 Å². The van der Waals surface area contributed by atoms with Crippen molar-refractivity contribution in [3.63, 3.8) is 0 Å². The van der Waals surface area contributed by atoms with E-state index in [9.17, 15) is 14.4 Å². The molecule has 0 aromatic carbocycles. The molecule has 452 valence electrons. The summed E-state index contributed by atoms with van der Waals surface area (Å²) < 4.78 is 16.9. The average Bonchev–Trinajstić information content (AvgIpc) is 3.45. The van der Waals surface area contributed by atoms with Gasteiger partial charge in [0.1, 0.15) is 13.2 Å². The van der Waals surface area contributed by atoms with Gasteiger partial charge in [0.2, 0.25) is 0 Å². The third-order valence-electron chi connectivity index (χ3n) is 14.3. The number of rotatable bonds is 60. The highest BCUT2D eigenvalue weighted by atomic mass is 16.6. The molecule has 0 bridgehead atoms. The number of carbonyl (C=O) groups excluding carboxylic acids is 3. The first-order valence-corrected chi connectivity index (χ1v) is 33.4. The van der Waals surface area contributed by atoms with Gasteiger partial charge in [-0.1, -0.05) is 323 Å². The standard InChI is InChI=1S/C73H124O6/c1-4-7-10-13-16-19-22-25-28-30-31-32-33-34-35-36-37-38-39-40-41-43-45-48-51-54-57-60-63-66-72(75)78-69-70(68-77-71(74)65-62-59-56-53-50-47-44-27-24-21-18-15-12-9-6-3)79-73(76)67-64-61-58-55-52-49-46-42-29-26-23-20-17-14-11-8-5-2/h7,10,16,19,25,28,31-32,34-35,37-38,40-41,45,48,54,57,70H,4-6,8-9,11-15,17-18,20-24,26-27,29-30,33,36,39,42-44,46-47,49-53,55-56,58-69H2,1-3H3/b10-7-,19-16-,28-25-,32-31-,35-34-,38-37-,41-40-,48-45-,57-54-. The van der Waals surface area contributed by atoms with Crippen LogP contribution in [0, 0.1) is 0 Å². The largest absolute Gasteiger partial charge is 0.462 e. The highest BCUT2D eigenvalue weighted by molar-refractivity contribution is 5.71. The van der Waals surface area contributed by atoms with Crippen LogP contribution in [0.5, 0.6) is 0 Å². The Kier molecular flexibility index (Phi) is 63.3. The second-order valence-electron chi connectivity index (χ2n) is 22.0. The maximum atomic E-state index is 12.9. The van der Waals surface area contributed by atoms with Gasteiger partial charge in [-0.3, -0.25) is 14.4 Å². The Morgan fingerprint density at radius 2 is 0.494 bits per heavy atom. The highest BCUT2D eigenvalue weighted by Crippen LogP contribution is 2.17. The first-order chi connectivity index (χ1) is 39.0. The van der Waals surface area contributed by atoms with Crippen molar-refractivity contribution in [1.82, 2.24) is 0 Å². The van der Waals surface area contributed by atoms with Gasteiger partial charge in [0.25, 0.3) is 0 Å². The molecule has 0 rings (SSSR count). The zero-order valence-electron chi connectivity index (χ0n) is 51.9. The monoisotopic (exact) mass is 1100 g/mol. The lowest BCUT2D eigenvalue weighted by Crippen LogP contribution is -2.30. The molecular weight excluding hydrogens is 973 g/mol. The molecule has 1 unspecified atom stereocenters. The van der Waals surface area contributed by atoms with Crippen LogP contribution in [-0.4, -0.2) is 37.2 Å². The van der Waals surface area contributed by atoms with Gasteiger partial charge in [-0.05, 0) is 83.5 Å². The molecular formula is C73H124O6. The minimum atomic E-state index is -0.801.